The number of nitrogens with zero attached hydrogens (tertiary/aromatic N) is 4. The Bertz CT molecular complexity index is 847. The Balaban J connectivity index is 1.74. The van der Waals surface area contributed by atoms with Crippen LogP contribution in [-0.2, 0) is 4.74 Å². The number of amides is 1. The summed E-state index contributed by atoms with van der Waals surface area (Å²) >= 11 is 0. The fraction of sp³-hybridized carbons (Fsp3) is 0.286. The highest BCUT2D eigenvalue weighted by molar-refractivity contribution is 6.06. The maximum Gasteiger partial charge on any atom is 0.255 e. The number of carbonyl (C=O) groups is 1. The predicted molar refractivity (Wildman–Crippen MR) is 74.9 cm³/mol. The van der Waals surface area contributed by atoms with Gasteiger partial charge in [-0.2, -0.15) is 5.21 Å². The first-order chi connectivity index (χ1) is 11.3. The Morgan fingerprint density at radius 2 is 2.30 bits per heavy atom. The van der Waals surface area contributed by atoms with E-state index in [0.717, 1.165) is 0 Å². The third kappa shape index (κ3) is 2.25. The zero-order chi connectivity index (χ0) is 15.8. The van der Waals surface area contributed by atoms with E-state index in [1.165, 1.54) is 18.4 Å². The molecule has 23 heavy (non-hydrogen) atoms. The van der Waals surface area contributed by atoms with Crippen LogP contribution in [0.2, 0.25) is 0 Å². The van der Waals surface area contributed by atoms with Crippen LogP contribution in [-0.4, -0.2) is 51.2 Å². The third-order valence-corrected chi connectivity index (χ3v) is 3.85. The van der Waals surface area contributed by atoms with Crippen molar-refractivity contribution in [2.45, 2.75) is 6.04 Å². The first kappa shape index (κ1) is 13.8. The zero-order valence-electron chi connectivity index (χ0n) is 11.9. The van der Waals surface area contributed by atoms with Crippen molar-refractivity contribution in [1.29, 1.82) is 0 Å². The van der Waals surface area contributed by atoms with Crippen molar-refractivity contribution in [3.8, 4) is 0 Å². The van der Waals surface area contributed by atoms with E-state index in [1.807, 2.05) is 0 Å². The van der Waals surface area contributed by atoms with Crippen LogP contribution in [0.4, 0.5) is 4.39 Å². The minimum absolute atomic E-state index is 0.0696. The van der Waals surface area contributed by atoms with Crippen molar-refractivity contribution in [2.24, 2.45) is 0 Å². The number of aromatic amines is 1. The molecule has 0 bridgehead atoms. The van der Waals surface area contributed by atoms with Crippen molar-refractivity contribution in [1.82, 2.24) is 25.5 Å². The molecule has 0 spiro atoms. The number of carbonyl (C=O) groups excluding carboxylic acids is 1. The summed E-state index contributed by atoms with van der Waals surface area (Å²) in [5, 5.41) is 14.2. The molecule has 0 aliphatic carbocycles. The second kappa shape index (κ2) is 5.43. The fourth-order valence-corrected chi connectivity index (χ4v) is 2.74. The number of ether oxygens (including phenoxy) is 1. The fourth-order valence-electron chi connectivity index (χ4n) is 2.74. The molecule has 118 valence electrons. The van der Waals surface area contributed by atoms with Crippen LogP contribution >= 0.6 is 0 Å². The first-order valence-electron chi connectivity index (χ1n) is 7.03. The van der Waals surface area contributed by atoms with Crippen molar-refractivity contribution in [3.63, 3.8) is 0 Å². The molecule has 1 saturated heterocycles. The lowest BCUT2D eigenvalue weighted by atomic mass is 10.1. The lowest BCUT2D eigenvalue weighted by molar-refractivity contribution is -0.00510. The molecule has 2 aromatic heterocycles. The van der Waals surface area contributed by atoms with Gasteiger partial charge in [0.15, 0.2) is 17.2 Å². The number of aromatic nitrogens is 4. The summed E-state index contributed by atoms with van der Waals surface area (Å²) in [4.78, 5) is 14.6. The molecular formula is C14H12FN5O3. The maximum atomic E-state index is 13.7. The predicted octanol–water partition coefficient (Wildman–Crippen LogP) is 1.30. The smallest absolute Gasteiger partial charge is 0.255 e. The summed E-state index contributed by atoms with van der Waals surface area (Å²) in [5.41, 5.74) is 0.436. The number of morpholine rings is 1. The molecule has 1 fully saturated rings. The van der Waals surface area contributed by atoms with Gasteiger partial charge in [-0.1, -0.05) is 5.21 Å². The van der Waals surface area contributed by atoms with E-state index in [4.69, 9.17) is 9.15 Å². The number of halogens is 1. The Morgan fingerprint density at radius 1 is 1.39 bits per heavy atom. The Morgan fingerprint density at radius 3 is 3.13 bits per heavy atom. The highest BCUT2D eigenvalue weighted by Crippen LogP contribution is 2.28. The van der Waals surface area contributed by atoms with Crippen LogP contribution in [0.3, 0.4) is 0 Å². The molecule has 8 nitrogen and oxygen atoms in total. The van der Waals surface area contributed by atoms with Crippen molar-refractivity contribution in [2.75, 3.05) is 19.8 Å². The van der Waals surface area contributed by atoms with Crippen molar-refractivity contribution >= 4 is 16.9 Å². The summed E-state index contributed by atoms with van der Waals surface area (Å²) in [7, 11) is 0. The van der Waals surface area contributed by atoms with Gasteiger partial charge in [-0.05, 0) is 18.2 Å². The third-order valence-electron chi connectivity index (χ3n) is 3.85. The summed E-state index contributed by atoms with van der Waals surface area (Å²) in [6.45, 7) is 1.07. The zero-order valence-corrected chi connectivity index (χ0v) is 11.9. The lowest BCUT2D eigenvalue weighted by Gasteiger charge is -2.33. The van der Waals surface area contributed by atoms with Gasteiger partial charge >= 0.3 is 0 Å². The Hall–Kier alpha value is -2.81. The largest absolute Gasteiger partial charge is 0.461 e. The number of fused-ring (bicyclic) bond motifs is 1. The average molecular weight is 317 g/mol. The monoisotopic (exact) mass is 317 g/mol. The molecule has 1 aliphatic heterocycles. The molecule has 0 radical (unpaired) electrons. The van der Waals surface area contributed by atoms with Crippen LogP contribution in [0.1, 0.15) is 22.2 Å². The van der Waals surface area contributed by atoms with Crippen LogP contribution in [0.5, 0.6) is 0 Å². The van der Waals surface area contributed by atoms with E-state index >= 15 is 0 Å². The molecular weight excluding hydrogens is 305 g/mol. The van der Waals surface area contributed by atoms with Crippen molar-refractivity contribution in [3.05, 3.63) is 41.7 Å². The van der Waals surface area contributed by atoms with Crippen LogP contribution in [0.25, 0.3) is 11.0 Å². The number of nitrogens with one attached hydrogen (secondary N) is 1. The highest BCUT2D eigenvalue weighted by Gasteiger charge is 2.33. The normalized spacial score (nSPS) is 18.5. The Kier molecular flexibility index (Phi) is 3.27. The Labute approximate surface area is 129 Å². The number of hydrogen-bond donors (Lipinski definition) is 1. The minimum atomic E-state index is -0.502. The van der Waals surface area contributed by atoms with E-state index in [-0.39, 0.29) is 18.1 Å². The number of H-pyrrole nitrogens is 1. The molecule has 4 rings (SSSR count). The minimum Gasteiger partial charge on any atom is -0.461 e. The molecule has 1 amide bonds. The SMILES string of the molecule is O=C(c1ccc(F)c2occc12)N1CCOCC1c1nn[nH]n1. The van der Waals surface area contributed by atoms with Gasteiger partial charge in [0, 0.05) is 11.9 Å². The molecule has 1 unspecified atom stereocenters. The van der Waals surface area contributed by atoms with Gasteiger partial charge in [0.25, 0.3) is 5.91 Å². The summed E-state index contributed by atoms with van der Waals surface area (Å²) in [5.74, 6) is -0.378. The molecule has 9 heteroatoms. The molecule has 1 N–H and O–H groups in total. The maximum absolute atomic E-state index is 13.7. The average Bonchev–Trinajstić information content (AvgIpc) is 3.26. The van der Waals surface area contributed by atoms with Gasteiger partial charge in [0.05, 0.1) is 25.0 Å². The topological polar surface area (TPSA) is 97.1 Å². The van der Waals surface area contributed by atoms with Crippen LogP contribution in [0.15, 0.2) is 28.9 Å². The molecule has 1 atom stereocenters. The van der Waals surface area contributed by atoms with Crippen LogP contribution in [0, 0.1) is 5.82 Å². The number of hydrogen-bond acceptors (Lipinski definition) is 6. The van der Waals surface area contributed by atoms with Gasteiger partial charge in [0.1, 0.15) is 6.04 Å². The lowest BCUT2D eigenvalue weighted by Crippen LogP contribution is -2.44. The molecule has 0 saturated carbocycles. The van der Waals surface area contributed by atoms with Gasteiger partial charge in [-0.15, -0.1) is 10.2 Å². The van der Waals surface area contributed by atoms with E-state index in [1.54, 1.807) is 11.0 Å². The molecule has 1 aliphatic rings. The standard InChI is InChI=1S/C14H12FN5O3/c15-10-2-1-9(8-3-5-23-12(8)10)14(21)20-4-6-22-7-11(20)13-16-18-19-17-13/h1-3,5,11H,4,6-7H2,(H,16,17,18,19). The van der Waals surface area contributed by atoms with E-state index in [2.05, 4.69) is 20.6 Å². The number of rotatable bonds is 2. The molecule has 1 aromatic carbocycles. The second-order valence-corrected chi connectivity index (χ2v) is 5.12. The molecule has 3 aromatic rings. The highest BCUT2D eigenvalue weighted by atomic mass is 19.1. The van der Waals surface area contributed by atoms with E-state index < -0.39 is 11.9 Å². The van der Waals surface area contributed by atoms with E-state index in [0.29, 0.717) is 29.9 Å². The van der Waals surface area contributed by atoms with Crippen LogP contribution < -0.4 is 0 Å². The first-order valence-corrected chi connectivity index (χ1v) is 7.03. The summed E-state index contributed by atoms with van der Waals surface area (Å²) < 4.78 is 24.3. The van der Waals surface area contributed by atoms with Gasteiger partial charge < -0.3 is 14.1 Å². The molecule has 3 heterocycles. The number of benzene rings is 1. The summed E-state index contributed by atoms with van der Waals surface area (Å²) in [6.07, 6.45) is 1.36. The van der Waals surface area contributed by atoms with Gasteiger partial charge in [-0.3, -0.25) is 4.79 Å². The quantitative estimate of drug-likeness (QED) is 0.765. The van der Waals surface area contributed by atoms with Crippen molar-refractivity contribution < 1.29 is 18.3 Å². The van der Waals surface area contributed by atoms with E-state index in [9.17, 15) is 9.18 Å². The van der Waals surface area contributed by atoms with Gasteiger partial charge in [-0.25, -0.2) is 4.39 Å². The summed E-state index contributed by atoms with van der Waals surface area (Å²) in [6, 6.07) is 3.82. The number of furan rings is 1. The number of tetrazole rings is 1. The second-order valence-electron chi connectivity index (χ2n) is 5.12. The van der Waals surface area contributed by atoms with Gasteiger partial charge in [0.2, 0.25) is 0 Å².